The van der Waals surface area contributed by atoms with Crippen LogP contribution in [0.25, 0.3) is 0 Å². The number of unbranched alkanes of at least 4 members (excludes halogenated alkanes) is 44. The van der Waals surface area contributed by atoms with Crippen molar-refractivity contribution in [1.82, 2.24) is 0 Å². The molecule has 0 aromatic rings. The van der Waals surface area contributed by atoms with E-state index in [1.165, 1.54) is 250 Å². The number of ether oxygens (including phenoxy) is 3. The van der Waals surface area contributed by atoms with Gasteiger partial charge in [-0.2, -0.15) is 0 Å². The van der Waals surface area contributed by atoms with Gasteiger partial charge < -0.3 is 14.2 Å². The first-order valence-corrected chi connectivity index (χ1v) is 31.8. The number of hydrogen-bond acceptors (Lipinski definition) is 6. The maximum absolute atomic E-state index is 12.8. The van der Waals surface area contributed by atoms with Crippen LogP contribution >= 0.6 is 0 Å². The lowest BCUT2D eigenvalue weighted by Crippen LogP contribution is -2.30. The fourth-order valence-corrected chi connectivity index (χ4v) is 9.65. The normalized spacial score (nSPS) is 12.1. The Bertz CT molecular complexity index is 1150. The van der Waals surface area contributed by atoms with E-state index in [1.807, 2.05) is 0 Å². The Morgan fingerprint density at radius 3 is 0.775 bits per heavy atom. The molecule has 1 atom stereocenters. The maximum atomic E-state index is 12.8. The second-order valence-electron chi connectivity index (χ2n) is 21.7. The molecule has 0 fully saturated rings. The monoisotopic (exact) mass is 999 g/mol. The van der Waals surface area contributed by atoms with Gasteiger partial charge in [0.05, 0.1) is 0 Å². The van der Waals surface area contributed by atoms with Gasteiger partial charge in [-0.3, -0.25) is 14.4 Å². The molecule has 0 aliphatic carbocycles. The SMILES string of the molecule is CCCCCCC/C=C\C/C=C\CCCCCCCCCCCCCCCCCCCCCC(=O)OCC(COC(=O)CCCCCCCCC)OC(=O)CCCCCCCCCCCCCCCCC. The quantitative estimate of drug-likeness (QED) is 0.0261. The van der Waals surface area contributed by atoms with Gasteiger partial charge in [0, 0.05) is 19.3 Å². The van der Waals surface area contributed by atoms with Crippen LogP contribution in [0, 0.1) is 0 Å². The molecule has 0 amide bonds. The minimum atomic E-state index is -0.763. The van der Waals surface area contributed by atoms with E-state index in [0.717, 1.165) is 64.2 Å². The summed E-state index contributed by atoms with van der Waals surface area (Å²) in [4.78, 5) is 38.0. The fourth-order valence-electron chi connectivity index (χ4n) is 9.65. The number of carbonyl (C=O) groups is 3. The number of hydrogen-bond donors (Lipinski definition) is 0. The number of esters is 3. The number of carbonyl (C=O) groups excluding carboxylic acids is 3. The minimum absolute atomic E-state index is 0.0645. The van der Waals surface area contributed by atoms with Gasteiger partial charge in [0.2, 0.25) is 0 Å². The zero-order valence-corrected chi connectivity index (χ0v) is 48.0. The van der Waals surface area contributed by atoms with Crippen LogP contribution in [0.15, 0.2) is 24.3 Å². The highest BCUT2D eigenvalue weighted by molar-refractivity contribution is 5.71. The van der Waals surface area contributed by atoms with Crippen LogP contribution in [-0.2, 0) is 28.6 Å². The van der Waals surface area contributed by atoms with E-state index < -0.39 is 6.10 Å². The minimum Gasteiger partial charge on any atom is -0.462 e. The third-order valence-electron chi connectivity index (χ3n) is 14.5. The van der Waals surface area contributed by atoms with E-state index in [1.54, 1.807) is 0 Å². The molecule has 6 nitrogen and oxygen atoms in total. The highest BCUT2D eigenvalue weighted by atomic mass is 16.6. The summed E-state index contributed by atoms with van der Waals surface area (Å²) in [7, 11) is 0. The zero-order chi connectivity index (χ0) is 51.4. The van der Waals surface area contributed by atoms with E-state index in [2.05, 4.69) is 45.1 Å². The highest BCUT2D eigenvalue weighted by Crippen LogP contribution is 2.18. The molecule has 0 rings (SSSR count). The topological polar surface area (TPSA) is 78.9 Å². The molecule has 0 saturated heterocycles. The summed E-state index contributed by atoms with van der Waals surface area (Å²) in [5.41, 5.74) is 0. The van der Waals surface area contributed by atoms with Gasteiger partial charge in [-0.05, 0) is 51.4 Å². The Morgan fingerprint density at radius 2 is 0.507 bits per heavy atom. The van der Waals surface area contributed by atoms with Crippen molar-refractivity contribution in [2.24, 2.45) is 0 Å². The number of allylic oxidation sites excluding steroid dienone is 4. The average Bonchev–Trinajstić information content (AvgIpc) is 3.37. The first-order chi connectivity index (χ1) is 35.0. The lowest BCUT2D eigenvalue weighted by molar-refractivity contribution is -0.167. The molecule has 0 aromatic heterocycles. The summed E-state index contributed by atoms with van der Waals surface area (Å²) in [5.74, 6) is -0.847. The smallest absolute Gasteiger partial charge is 0.306 e. The van der Waals surface area contributed by atoms with Crippen LogP contribution in [0.1, 0.15) is 355 Å². The van der Waals surface area contributed by atoms with E-state index in [4.69, 9.17) is 14.2 Å². The largest absolute Gasteiger partial charge is 0.462 e. The summed E-state index contributed by atoms with van der Waals surface area (Å²) >= 11 is 0. The molecule has 0 N–H and O–H groups in total. The summed E-state index contributed by atoms with van der Waals surface area (Å²) in [6.07, 6.45) is 72.2. The van der Waals surface area contributed by atoms with Crippen LogP contribution in [0.4, 0.5) is 0 Å². The Hall–Kier alpha value is -2.11. The zero-order valence-electron chi connectivity index (χ0n) is 48.0. The lowest BCUT2D eigenvalue weighted by Gasteiger charge is -2.18. The fraction of sp³-hybridized carbons (Fsp3) is 0.892. The predicted molar refractivity (Wildman–Crippen MR) is 307 cm³/mol. The molecule has 418 valence electrons. The number of rotatable bonds is 59. The Labute approximate surface area is 443 Å². The summed E-state index contributed by atoms with van der Waals surface area (Å²) < 4.78 is 16.8. The molecule has 0 radical (unpaired) electrons. The van der Waals surface area contributed by atoms with E-state index in [9.17, 15) is 14.4 Å². The van der Waals surface area contributed by atoms with Gasteiger partial charge in [-0.15, -0.1) is 0 Å². The highest BCUT2D eigenvalue weighted by Gasteiger charge is 2.19. The lowest BCUT2D eigenvalue weighted by atomic mass is 10.0. The first-order valence-electron chi connectivity index (χ1n) is 31.8. The molecule has 0 aliphatic rings. The van der Waals surface area contributed by atoms with Crippen molar-refractivity contribution in [1.29, 1.82) is 0 Å². The molecule has 1 unspecified atom stereocenters. The summed E-state index contributed by atoms with van der Waals surface area (Å²) in [6, 6.07) is 0. The van der Waals surface area contributed by atoms with Crippen molar-refractivity contribution in [3.8, 4) is 0 Å². The molecular formula is C65H122O6. The van der Waals surface area contributed by atoms with Crippen molar-refractivity contribution in [2.45, 2.75) is 361 Å². The first kappa shape index (κ1) is 68.9. The van der Waals surface area contributed by atoms with Crippen molar-refractivity contribution < 1.29 is 28.6 Å². The van der Waals surface area contributed by atoms with E-state index in [-0.39, 0.29) is 31.1 Å². The van der Waals surface area contributed by atoms with Crippen LogP contribution in [-0.4, -0.2) is 37.2 Å². The molecule has 0 heterocycles. The molecule has 0 saturated carbocycles. The van der Waals surface area contributed by atoms with Crippen molar-refractivity contribution in [3.05, 3.63) is 24.3 Å². The van der Waals surface area contributed by atoms with Gasteiger partial charge in [0.25, 0.3) is 0 Å². The third-order valence-corrected chi connectivity index (χ3v) is 14.5. The van der Waals surface area contributed by atoms with E-state index in [0.29, 0.717) is 19.3 Å². The maximum Gasteiger partial charge on any atom is 0.306 e. The Kier molecular flexibility index (Phi) is 58.6. The standard InChI is InChI=1S/C65H122O6/c1-4-7-10-13-16-18-20-22-24-25-26-27-28-29-30-31-32-33-34-35-36-37-38-39-41-42-44-46-49-52-55-58-64(67)70-61-62(60-69-63(66)57-54-51-48-15-12-9-6-3)71-65(68)59-56-53-50-47-45-43-40-23-21-19-17-14-11-8-5-2/h20,22,25-26,62H,4-19,21,23-24,27-61H2,1-3H3/b22-20-,26-25-. The Balaban J connectivity index is 3.97. The van der Waals surface area contributed by atoms with Crippen LogP contribution < -0.4 is 0 Å². The van der Waals surface area contributed by atoms with Gasteiger partial charge in [0.15, 0.2) is 6.10 Å². The van der Waals surface area contributed by atoms with Crippen LogP contribution in [0.2, 0.25) is 0 Å². The van der Waals surface area contributed by atoms with E-state index >= 15 is 0 Å². The van der Waals surface area contributed by atoms with Crippen LogP contribution in [0.5, 0.6) is 0 Å². The van der Waals surface area contributed by atoms with Gasteiger partial charge in [-0.1, -0.05) is 308 Å². The summed E-state index contributed by atoms with van der Waals surface area (Å²) in [6.45, 7) is 6.64. The predicted octanol–water partition coefficient (Wildman–Crippen LogP) is 21.4. The average molecular weight is 1000 g/mol. The van der Waals surface area contributed by atoms with Crippen molar-refractivity contribution in [2.75, 3.05) is 13.2 Å². The van der Waals surface area contributed by atoms with Crippen molar-refractivity contribution >= 4 is 17.9 Å². The molecule has 0 spiro atoms. The van der Waals surface area contributed by atoms with Gasteiger partial charge in [0.1, 0.15) is 13.2 Å². The van der Waals surface area contributed by atoms with Gasteiger partial charge >= 0.3 is 17.9 Å². The Morgan fingerprint density at radius 1 is 0.282 bits per heavy atom. The second kappa shape index (κ2) is 60.4. The molecule has 6 heteroatoms. The molecule has 71 heavy (non-hydrogen) atoms. The molecule has 0 bridgehead atoms. The van der Waals surface area contributed by atoms with Gasteiger partial charge in [-0.25, -0.2) is 0 Å². The van der Waals surface area contributed by atoms with Crippen LogP contribution in [0.3, 0.4) is 0 Å². The summed E-state index contributed by atoms with van der Waals surface area (Å²) in [5, 5.41) is 0. The molecule has 0 aliphatic heterocycles. The molecule has 0 aromatic carbocycles. The molecular weight excluding hydrogens is 877 g/mol. The second-order valence-corrected chi connectivity index (χ2v) is 21.7. The third kappa shape index (κ3) is 58.7. The van der Waals surface area contributed by atoms with Crippen molar-refractivity contribution in [3.63, 3.8) is 0 Å².